The number of nitrogens with zero attached hydrogens (tertiary/aromatic N) is 1. The van der Waals surface area contributed by atoms with Crippen molar-refractivity contribution in [2.75, 3.05) is 40.8 Å². The summed E-state index contributed by atoms with van der Waals surface area (Å²) in [5, 5.41) is 12.6. The summed E-state index contributed by atoms with van der Waals surface area (Å²) in [6.07, 6.45) is 0.237. The quantitative estimate of drug-likeness (QED) is 0.423. The van der Waals surface area contributed by atoms with Crippen LogP contribution < -0.4 is 5.32 Å². The molecule has 0 rings (SSSR count). The first-order valence-corrected chi connectivity index (χ1v) is 5.16. The second-order valence-corrected chi connectivity index (χ2v) is 3.78. The minimum Gasteiger partial charge on any atom is -0.469 e. The van der Waals surface area contributed by atoms with Gasteiger partial charge in [0.2, 0.25) is 0 Å². The average Bonchev–Trinajstić information content (AvgIpc) is 2.20. The van der Waals surface area contributed by atoms with Crippen LogP contribution in [0.4, 0.5) is 0 Å². The number of carbonyl (C=O) groups is 1. The van der Waals surface area contributed by atoms with E-state index in [1.54, 1.807) is 0 Å². The average molecular weight is 218 g/mol. The van der Waals surface area contributed by atoms with Crippen LogP contribution in [0, 0.1) is 0 Å². The normalized spacial score (nSPS) is 12.9. The number of rotatable bonds is 8. The maximum atomic E-state index is 10.8. The molecule has 0 heterocycles. The van der Waals surface area contributed by atoms with E-state index in [-0.39, 0.29) is 12.4 Å². The Kier molecular flexibility index (Phi) is 8.27. The van der Waals surface area contributed by atoms with Crippen molar-refractivity contribution in [1.29, 1.82) is 0 Å². The highest BCUT2D eigenvalue weighted by Gasteiger charge is 2.07. The zero-order chi connectivity index (χ0) is 11.7. The molecule has 0 saturated heterocycles. The van der Waals surface area contributed by atoms with E-state index in [0.717, 1.165) is 13.1 Å². The van der Waals surface area contributed by atoms with Crippen LogP contribution in [0.3, 0.4) is 0 Å². The van der Waals surface area contributed by atoms with Crippen LogP contribution in [0.5, 0.6) is 0 Å². The molecule has 0 radical (unpaired) electrons. The molecule has 0 aliphatic carbocycles. The van der Waals surface area contributed by atoms with Gasteiger partial charge in [-0.2, -0.15) is 0 Å². The molecule has 0 aromatic rings. The lowest BCUT2D eigenvalue weighted by atomic mass is 10.2. The lowest BCUT2D eigenvalue weighted by Gasteiger charge is -2.13. The van der Waals surface area contributed by atoms with Crippen LogP contribution in [0.15, 0.2) is 0 Å². The fourth-order valence-corrected chi connectivity index (χ4v) is 1.06. The number of nitrogens with one attached hydrogen (secondary N) is 1. The minimum atomic E-state index is -0.480. The Balaban J connectivity index is 3.33. The molecule has 0 aromatic carbocycles. The van der Waals surface area contributed by atoms with Crippen molar-refractivity contribution in [2.24, 2.45) is 0 Å². The van der Waals surface area contributed by atoms with Crippen molar-refractivity contribution in [3.05, 3.63) is 0 Å². The van der Waals surface area contributed by atoms with Crippen LogP contribution >= 0.6 is 0 Å². The van der Waals surface area contributed by atoms with Crippen LogP contribution in [-0.2, 0) is 9.53 Å². The number of hydrogen-bond donors (Lipinski definition) is 2. The van der Waals surface area contributed by atoms with Gasteiger partial charge in [-0.3, -0.25) is 4.79 Å². The number of hydrogen-bond acceptors (Lipinski definition) is 5. The summed E-state index contributed by atoms with van der Waals surface area (Å²) in [5.41, 5.74) is 0. The van der Waals surface area contributed by atoms with Gasteiger partial charge in [0, 0.05) is 26.1 Å². The SMILES string of the molecule is COC(=O)CCC(O)CNCCN(C)C. The highest BCUT2D eigenvalue weighted by atomic mass is 16.5. The molecule has 0 saturated carbocycles. The number of methoxy groups -OCH3 is 1. The fraction of sp³-hybridized carbons (Fsp3) is 0.900. The molecular weight excluding hydrogens is 196 g/mol. The molecule has 90 valence electrons. The minimum absolute atomic E-state index is 0.271. The number of aliphatic hydroxyl groups excluding tert-OH is 1. The van der Waals surface area contributed by atoms with Crippen molar-refractivity contribution in [3.8, 4) is 0 Å². The predicted octanol–water partition coefficient (Wildman–Crippen LogP) is -0.548. The number of esters is 1. The second-order valence-electron chi connectivity index (χ2n) is 3.78. The summed E-state index contributed by atoms with van der Waals surface area (Å²) in [7, 11) is 5.34. The third-order valence-electron chi connectivity index (χ3n) is 2.03. The molecule has 15 heavy (non-hydrogen) atoms. The maximum Gasteiger partial charge on any atom is 0.305 e. The first-order valence-electron chi connectivity index (χ1n) is 5.16. The molecule has 2 N–H and O–H groups in total. The Morgan fingerprint density at radius 3 is 2.73 bits per heavy atom. The molecule has 0 spiro atoms. The summed E-state index contributed by atoms with van der Waals surface area (Å²) in [6, 6.07) is 0. The Hall–Kier alpha value is -0.650. The van der Waals surface area contributed by atoms with E-state index < -0.39 is 6.10 Å². The molecule has 1 atom stereocenters. The zero-order valence-corrected chi connectivity index (χ0v) is 9.82. The zero-order valence-electron chi connectivity index (χ0n) is 9.82. The number of ether oxygens (including phenoxy) is 1. The van der Waals surface area contributed by atoms with Gasteiger partial charge in [-0.25, -0.2) is 0 Å². The standard InChI is InChI=1S/C10H22N2O3/c1-12(2)7-6-11-8-9(13)4-5-10(14)15-3/h9,11,13H,4-8H2,1-3H3. The molecule has 0 amide bonds. The smallest absolute Gasteiger partial charge is 0.305 e. The largest absolute Gasteiger partial charge is 0.469 e. The highest BCUT2D eigenvalue weighted by Crippen LogP contribution is 1.97. The van der Waals surface area contributed by atoms with Gasteiger partial charge in [-0.15, -0.1) is 0 Å². The lowest BCUT2D eigenvalue weighted by molar-refractivity contribution is -0.141. The van der Waals surface area contributed by atoms with Crippen LogP contribution in [0.1, 0.15) is 12.8 Å². The molecule has 5 nitrogen and oxygen atoms in total. The molecule has 0 fully saturated rings. The molecule has 0 aromatic heterocycles. The van der Waals surface area contributed by atoms with Gasteiger partial charge in [0.25, 0.3) is 0 Å². The van der Waals surface area contributed by atoms with Crippen LogP contribution in [0.2, 0.25) is 0 Å². The molecule has 1 unspecified atom stereocenters. The van der Waals surface area contributed by atoms with Gasteiger partial charge in [0.05, 0.1) is 13.2 Å². The van der Waals surface area contributed by atoms with E-state index in [1.807, 2.05) is 14.1 Å². The summed E-state index contributed by atoms with van der Waals surface area (Å²) < 4.78 is 4.48. The topological polar surface area (TPSA) is 61.8 Å². The van der Waals surface area contributed by atoms with Gasteiger partial charge >= 0.3 is 5.97 Å². The van der Waals surface area contributed by atoms with Gasteiger partial charge in [0.1, 0.15) is 0 Å². The summed E-state index contributed by atoms with van der Waals surface area (Å²) in [4.78, 5) is 12.8. The number of aliphatic hydroxyl groups is 1. The van der Waals surface area contributed by atoms with Crippen LogP contribution in [0.25, 0.3) is 0 Å². The van der Waals surface area contributed by atoms with E-state index in [9.17, 15) is 9.90 Å². The number of carbonyl (C=O) groups excluding carboxylic acids is 1. The molecule has 0 aliphatic heterocycles. The summed E-state index contributed by atoms with van der Waals surface area (Å²) in [6.45, 7) is 2.29. The van der Waals surface area contributed by atoms with Gasteiger partial charge < -0.3 is 20.1 Å². The van der Waals surface area contributed by atoms with E-state index in [1.165, 1.54) is 7.11 Å². The van der Waals surface area contributed by atoms with Crippen molar-refractivity contribution in [2.45, 2.75) is 18.9 Å². The lowest BCUT2D eigenvalue weighted by Crippen LogP contribution is -2.32. The molecule has 0 aliphatic rings. The Morgan fingerprint density at radius 1 is 1.53 bits per heavy atom. The molecular formula is C10H22N2O3. The van der Waals surface area contributed by atoms with Gasteiger partial charge in [-0.1, -0.05) is 0 Å². The number of likely N-dealkylation sites (N-methyl/N-ethyl adjacent to an activating group) is 1. The van der Waals surface area contributed by atoms with Crippen molar-refractivity contribution >= 4 is 5.97 Å². The third-order valence-corrected chi connectivity index (χ3v) is 2.03. The fourth-order valence-electron chi connectivity index (χ4n) is 1.06. The second kappa shape index (κ2) is 8.64. The maximum absolute atomic E-state index is 10.8. The Morgan fingerprint density at radius 2 is 2.20 bits per heavy atom. The Labute approximate surface area is 91.4 Å². The van der Waals surface area contributed by atoms with Gasteiger partial charge in [-0.05, 0) is 20.5 Å². The van der Waals surface area contributed by atoms with Gasteiger partial charge in [0.15, 0.2) is 0 Å². The first-order chi connectivity index (χ1) is 7.06. The van der Waals surface area contributed by atoms with Crippen molar-refractivity contribution in [3.63, 3.8) is 0 Å². The monoisotopic (exact) mass is 218 g/mol. The van der Waals surface area contributed by atoms with Crippen molar-refractivity contribution in [1.82, 2.24) is 10.2 Å². The summed E-state index contributed by atoms with van der Waals surface area (Å²) >= 11 is 0. The van der Waals surface area contributed by atoms with E-state index >= 15 is 0 Å². The van der Waals surface area contributed by atoms with E-state index in [2.05, 4.69) is 15.0 Å². The third kappa shape index (κ3) is 9.65. The van der Waals surface area contributed by atoms with E-state index in [0.29, 0.717) is 13.0 Å². The summed E-state index contributed by atoms with van der Waals surface area (Å²) in [5.74, 6) is -0.276. The predicted molar refractivity (Wildman–Crippen MR) is 58.7 cm³/mol. The van der Waals surface area contributed by atoms with E-state index in [4.69, 9.17) is 0 Å². The molecule has 5 heteroatoms. The highest BCUT2D eigenvalue weighted by molar-refractivity contribution is 5.69. The van der Waals surface area contributed by atoms with Crippen molar-refractivity contribution < 1.29 is 14.6 Å². The molecule has 0 bridgehead atoms. The first kappa shape index (κ1) is 14.3. The Bertz CT molecular complexity index is 174. The van der Waals surface area contributed by atoms with Crippen LogP contribution in [-0.4, -0.2) is 62.9 Å².